The Morgan fingerprint density at radius 2 is 1.37 bits per heavy atom. The molecule has 0 bridgehead atoms. The van der Waals surface area contributed by atoms with Gasteiger partial charge in [-0.1, -0.05) is 49.2 Å². The molecule has 0 atom stereocenters. The second-order valence-corrected chi connectivity index (χ2v) is 9.99. The standard InChI is InChI=1S/C33H28N4O6/c38-31(35-24-9-7-8-10-24)36-20-18-23-21-27(15-16-29(23)36)41-28-17-19-34-30(22-28)37(32(39)42-25-11-3-1-4-12-25)33(40)43-26-13-5-2-6-14-26/h1-6,11-22,24H,7-10H2,(H,35,38). The molecule has 0 aliphatic heterocycles. The van der Waals surface area contributed by atoms with Crippen molar-refractivity contribution in [2.75, 3.05) is 4.90 Å². The van der Waals surface area contributed by atoms with Gasteiger partial charge in [0, 0.05) is 29.9 Å². The number of amides is 3. The van der Waals surface area contributed by atoms with Gasteiger partial charge in [0.1, 0.15) is 23.0 Å². The molecule has 1 fully saturated rings. The maximum absolute atomic E-state index is 13.2. The number of pyridine rings is 1. The molecule has 0 spiro atoms. The molecule has 2 aromatic heterocycles. The van der Waals surface area contributed by atoms with Crippen molar-refractivity contribution in [3.8, 4) is 23.0 Å². The molecular weight excluding hydrogens is 548 g/mol. The van der Waals surface area contributed by atoms with E-state index >= 15 is 0 Å². The first-order chi connectivity index (χ1) is 21.0. The Labute approximate surface area is 247 Å². The topological polar surface area (TPSA) is 112 Å². The van der Waals surface area contributed by atoms with Gasteiger partial charge in [-0.2, -0.15) is 4.90 Å². The van der Waals surface area contributed by atoms with Crippen molar-refractivity contribution in [1.29, 1.82) is 0 Å². The Morgan fingerprint density at radius 1 is 0.744 bits per heavy atom. The van der Waals surface area contributed by atoms with Gasteiger partial charge in [0.2, 0.25) is 0 Å². The highest BCUT2D eigenvalue weighted by atomic mass is 16.6. The summed E-state index contributed by atoms with van der Waals surface area (Å²) in [4.78, 5) is 44.2. The fourth-order valence-corrected chi connectivity index (χ4v) is 4.93. The van der Waals surface area contributed by atoms with E-state index < -0.39 is 12.2 Å². The van der Waals surface area contributed by atoms with E-state index in [0.29, 0.717) is 16.4 Å². The third kappa shape index (κ3) is 6.48. The number of hydrogen-bond acceptors (Lipinski definition) is 7. The first-order valence-corrected chi connectivity index (χ1v) is 13.9. The van der Waals surface area contributed by atoms with Gasteiger partial charge in [0.05, 0.1) is 5.52 Å². The minimum Gasteiger partial charge on any atom is -0.457 e. The predicted octanol–water partition coefficient (Wildman–Crippen LogP) is 7.53. The number of carbonyl (C=O) groups excluding carboxylic acids is 3. The van der Waals surface area contributed by atoms with Crippen molar-refractivity contribution in [1.82, 2.24) is 14.9 Å². The van der Waals surface area contributed by atoms with Gasteiger partial charge in [0.25, 0.3) is 0 Å². The van der Waals surface area contributed by atoms with Crippen LogP contribution < -0.4 is 24.4 Å². The monoisotopic (exact) mass is 576 g/mol. The smallest absolute Gasteiger partial charge is 0.430 e. The van der Waals surface area contributed by atoms with E-state index in [1.807, 2.05) is 12.1 Å². The highest BCUT2D eigenvalue weighted by Gasteiger charge is 2.30. The lowest BCUT2D eigenvalue weighted by Gasteiger charge is -2.19. The number of benzene rings is 3. The Morgan fingerprint density at radius 3 is 2.02 bits per heavy atom. The molecule has 6 rings (SSSR count). The molecule has 1 saturated carbocycles. The maximum atomic E-state index is 13.2. The van der Waals surface area contributed by atoms with Crippen LogP contribution in [0.25, 0.3) is 10.9 Å². The Bertz CT molecular complexity index is 1700. The van der Waals surface area contributed by atoms with Gasteiger partial charge in [-0.15, -0.1) is 0 Å². The molecule has 1 aliphatic carbocycles. The molecule has 3 aromatic carbocycles. The third-order valence-corrected chi connectivity index (χ3v) is 7.01. The summed E-state index contributed by atoms with van der Waals surface area (Å²) in [5.74, 6) is 1.23. The van der Waals surface area contributed by atoms with Crippen molar-refractivity contribution >= 4 is 34.9 Å². The van der Waals surface area contributed by atoms with Crippen LogP contribution in [0.2, 0.25) is 0 Å². The van der Waals surface area contributed by atoms with E-state index in [1.54, 1.807) is 89.6 Å². The van der Waals surface area contributed by atoms with Gasteiger partial charge in [-0.05, 0) is 67.4 Å². The maximum Gasteiger partial charge on any atom is 0.430 e. The Kier molecular flexibility index (Phi) is 7.99. The molecule has 216 valence electrons. The second-order valence-electron chi connectivity index (χ2n) is 9.99. The minimum absolute atomic E-state index is 0.0600. The van der Waals surface area contributed by atoms with Crippen molar-refractivity contribution in [2.24, 2.45) is 0 Å². The summed E-state index contributed by atoms with van der Waals surface area (Å²) >= 11 is 0. The number of carbonyl (C=O) groups is 3. The minimum atomic E-state index is -1.00. The zero-order valence-electron chi connectivity index (χ0n) is 23.1. The lowest BCUT2D eigenvalue weighted by molar-refractivity contribution is 0.190. The van der Waals surface area contributed by atoms with Crippen LogP contribution in [0.5, 0.6) is 23.0 Å². The average Bonchev–Trinajstić information content (AvgIpc) is 3.68. The molecule has 10 heteroatoms. The molecule has 43 heavy (non-hydrogen) atoms. The SMILES string of the molecule is O=C(Oc1ccccc1)N(C(=O)Oc1ccccc1)c1cc(Oc2ccc3c(ccn3C(=O)NC3CCCC3)c2)ccn1. The number of hydrogen-bond donors (Lipinski definition) is 1. The van der Waals surface area contributed by atoms with Gasteiger partial charge in [-0.3, -0.25) is 4.57 Å². The summed E-state index contributed by atoms with van der Waals surface area (Å²) in [5.41, 5.74) is 0.747. The van der Waals surface area contributed by atoms with Crippen LogP contribution in [0.1, 0.15) is 25.7 Å². The number of nitrogens with one attached hydrogen (secondary N) is 1. The van der Waals surface area contributed by atoms with E-state index in [0.717, 1.165) is 36.6 Å². The summed E-state index contributed by atoms with van der Waals surface area (Å²) in [6, 6.07) is 27.0. The van der Waals surface area contributed by atoms with Crippen molar-refractivity contribution < 1.29 is 28.6 Å². The normalized spacial score (nSPS) is 12.9. The van der Waals surface area contributed by atoms with Crippen LogP contribution in [0.15, 0.2) is 109 Å². The van der Waals surface area contributed by atoms with E-state index in [9.17, 15) is 14.4 Å². The Hall–Kier alpha value is -5.64. The van der Waals surface area contributed by atoms with E-state index in [-0.39, 0.29) is 29.4 Å². The lowest BCUT2D eigenvalue weighted by atomic mass is 10.2. The number of rotatable bonds is 6. The third-order valence-electron chi connectivity index (χ3n) is 7.01. The first-order valence-electron chi connectivity index (χ1n) is 13.9. The Balaban J connectivity index is 1.23. The van der Waals surface area contributed by atoms with Gasteiger partial charge >= 0.3 is 18.2 Å². The molecule has 1 aliphatic rings. The van der Waals surface area contributed by atoms with E-state index in [2.05, 4.69) is 10.3 Å². The summed E-state index contributed by atoms with van der Waals surface area (Å²) in [5, 5.41) is 3.91. The lowest BCUT2D eigenvalue weighted by Crippen LogP contribution is -2.41. The van der Waals surface area contributed by atoms with E-state index in [1.165, 1.54) is 12.3 Å². The molecule has 3 amide bonds. The van der Waals surface area contributed by atoms with Crippen LogP contribution in [-0.4, -0.2) is 33.8 Å². The molecule has 5 aromatic rings. The van der Waals surface area contributed by atoms with Gasteiger partial charge < -0.3 is 19.5 Å². The fraction of sp³-hybridized carbons (Fsp3) is 0.152. The number of ether oxygens (including phenoxy) is 3. The van der Waals surface area contributed by atoms with Crippen molar-refractivity contribution in [2.45, 2.75) is 31.7 Å². The molecule has 2 heterocycles. The number of nitrogens with zero attached hydrogens (tertiary/aromatic N) is 3. The van der Waals surface area contributed by atoms with Crippen LogP contribution in [0.4, 0.5) is 20.2 Å². The quantitative estimate of drug-likeness (QED) is 0.222. The van der Waals surface area contributed by atoms with Gasteiger partial charge in [0.15, 0.2) is 5.82 Å². The van der Waals surface area contributed by atoms with Gasteiger partial charge in [-0.25, -0.2) is 19.4 Å². The molecule has 10 nitrogen and oxygen atoms in total. The van der Waals surface area contributed by atoms with E-state index in [4.69, 9.17) is 14.2 Å². The summed E-state index contributed by atoms with van der Waals surface area (Å²) in [6.45, 7) is 0. The van der Waals surface area contributed by atoms with Crippen LogP contribution in [0.3, 0.4) is 0 Å². The van der Waals surface area contributed by atoms with Crippen molar-refractivity contribution in [3.63, 3.8) is 0 Å². The summed E-state index contributed by atoms with van der Waals surface area (Å²) in [7, 11) is 0. The predicted molar refractivity (Wildman–Crippen MR) is 160 cm³/mol. The highest BCUT2D eigenvalue weighted by molar-refractivity contribution is 6.09. The van der Waals surface area contributed by atoms with Crippen LogP contribution in [-0.2, 0) is 0 Å². The summed E-state index contributed by atoms with van der Waals surface area (Å²) in [6.07, 6.45) is 5.41. The van der Waals surface area contributed by atoms with Crippen LogP contribution in [0, 0.1) is 0 Å². The zero-order chi connectivity index (χ0) is 29.6. The first kappa shape index (κ1) is 27.5. The number of anilines is 1. The zero-order valence-corrected chi connectivity index (χ0v) is 23.1. The highest BCUT2D eigenvalue weighted by Crippen LogP contribution is 2.29. The summed E-state index contributed by atoms with van der Waals surface area (Å²) < 4.78 is 18.5. The molecular formula is C33H28N4O6. The number of para-hydroxylation sites is 2. The number of imide groups is 1. The largest absolute Gasteiger partial charge is 0.457 e. The molecule has 0 saturated heterocycles. The average molecular weight is 577 g/mol. The number of fused-ring (bicyclic) bond motifs is 1. The molecule has 1 N–H and O–H groups in total. The fourth-order valence-electron chi connectivity index (χ4n) is 4.93. The second kappa shape index (κ2) is 12.5. The van der Waals surface area contributed by atoms with Crippen molar-refractivity contribution in [3.05, 3.63) is 109 Å². The number of aromatic nitrogens is 2. The van der Waals surface area contributed by atoms with Crippen LogP contribution >= 0.6 is 0 Å². The molecule has 0 radical (unpaired) electrons. The molecule has 0 unspecified atom stereocenters.